The van der Waals surface area contributed by atoms with Gasteiger partial charge in [-0.05, 0) is 69.7 Å². The zero-order valence-corrected chi connectivity index (χ0v) is 28.2. The minimum absolute atomic E-state index is 0.142. The van der Waals surface area contributed by atoms with E-state index in [1.54, 1.807) is 68.2 Å². The number of benzene rings is 2. The van der Waals surface area contributed by atoms with Gasteiger partial charge in [-0.2, -0.15) is 0 Å². The first-order valence-corrected chi connectivity index (χ1v) is 16.7. The number of amides is 1. The van der Waals surface area contributed by atoms with Crippen molar-refractivity contribution < 1.29 is 27.5 Å². The van der Waals surface area contributed by atoms with E-state index in [0.29, 0.717) is 36.5 Å². The number of hydrogen-bond acceptors (Lipinski definition) is 9. The summed E-state index contributed by atoms with van der Waals surface area (Å²) in [5.74, 6) is 0.353. The molecule has 246 valence electrons. The SMILES string of the molecule is CCCCOC(=O)CN(c1ccc2c(ccn2-c2cnc(NCCNC(=O)OC(C)(C)C)cn2)c1)S(=O)(=O)c1cc(Cl)cc(Cl)c1. The van der Waals surface area contributed by atoms with Gasteiger partial charge in [-0.25, -0.2) is 23.2 Å². The molecule has 46 heavy (non-hydrogen) atoms. The van der Waals surface area contributed by atoms with E-state index in [0.717, 1.165) is 16.2 Å². The summed E-state index contributed by atoms with van der Waals surface area (Å²) in [5, 5.41) is 6.73. The summed E-state index contributed by atoms with van der Waals surface area (Å²) >= 11 is 12.2. The Balaban J connectivity index is 1.53. The van der Waals surface area contributed by atoms with Crippen LogP contribution in [-0.4, -0.2) is 66.9 Å². The number of nitrogens with one attached hydrogen (secondary N) is 2. The van der Waals surface area contributed by atoms with E-state index in [1.807, 2.05) is 6.92 Å². The Morgan fingerprint density at radius 2 is 1.74 bits per heavy atom. The Kier molecular flexibility index (Phi) is 11.4. The Hall–Kier alpha value is -4.07. The van der Waals surface area contributed by atoms with Crippen molar-refractivity contribution in [2.75, 3.05) is 35.9 Å². The summed E-state index contributed by atoms with van der Waals surface area (Å²) in [4.78, 5) is 33.3. The van der Waals surface area contributed by atoms with Crippen molar-refractivity contribution in [2.24, 2.45) is 0 Å². The molecule has 0 bridgehead atoms. The van der Waals surface area contributed by atoms with Crippen LogP contribution < -0.4 is 14.9 Å². The summed E-state index contributed by atoms with van der Waals surface area (Å²) in [7, 11) is -4.27. The van der Waals surface area contributed by atoms with Crippen molar-refractivity contribution in [1.82, 2.24) is 19.9 Å². The molecule has 4 aromatic rings. The topological polar surface area (TPSA) is 145 Å². The molecule has 0 saturated carbocycles. The van der Waals surface area contributed by atoms with Crippen LogP contribution in [0.4, 0.5) is 16.3 Å². The van der Waals surface area contributed by atoms with Crippen LogP contribution in [0.3, 0.4) is 0 Å². The second-order valence-electron chi connectivity index (χ2n) is 11.2. The van der Waals surface area contributed by atoms with Gasteiger partial charge in [0, 0.05) is 34.7 Å². The monoisotopic (exact) mass is 690 g/mol. The quantitative estimate of drug-likeness (QED) is 0.124. The highest BCUT2D eigenvalue weighted by Gasteiger charge is 2.29. The number of rotatable bonds is 13. The number of fused-ring (bicyclic) bond motifs is 1. The average molecular weight is 692 g/mol. The molecule has 0 spiro atoms. The Morgan fingerprint density at radius 3 is 2.39 bits per heavy atom. The van der Waals surface area contributed by atoms with Crippen LogP contribution in [0.5, 0.6) is 0 Å². The molecule has 2 N–H and O–H groups in total. The van der Waals surface area contributed by atoms with Crippen LogP contribution in [0.2, 0.25) is 10.0 Å². The second-order valence-corrected chi connectivity index (χ2v) is 14.0. The predicted octanol–water partition coefficient (Wildman–Crippen LogP) is 6.20. The first-order valence-electron chi connectivity index (χ1n) is 14.6. The summed E-state index contributed by atoms with van der Waals surface area (Å²) in [5.41, 5.74) is 0.404. The maximum Gasteiger partial charge on any atom is 0.407 e. The van der Waals surface area contributed by atoms with Gasteiger partial charge in [-0.3, -0.25) is 13.7 Å². The molecule has 15 heteroatoms. The van der Waals surface area contributed by atoms with Crippen molar-refractivity contribution in [2.45, 2.75) is 51.0 Å². The number of ether oxygens (including phenoxy) is 2. The number of aromatic nitrogens is 3. The van der Waals surface area contributed by atoms with Gasteiger partial charge in [0.15, 0.2) is 5.82 Å². The zero-order chi connectivity index (χ0) is 33.5. The minimum atomic E-state index is -4.27. The number of unbranched alkanes of at least 4 members (excludes halogenated alkanes) is 1. The van der Waals surface area contributed by atoms with E-state index < -0.39 is 34.2 Å². The van der Waals surface area contributed by atoms with Crippen molar-refractivity contribution in [1.29, 1.82) is 0 Å². The molecule has 12 nitrogen and oxygen atoms in total. The van der Waals surface area contributed by atoms with Gasteiger partial charge in [-0.15, -0.1) is 0 Å². The lowest BCUT2D eigenvalue weighted by atomic mass is 10.2. The molecule has 0 unspecified atom stereocenters. The van der Waals surface area contributed by atoms with E-state index in [2.05, 4.69) is 20.6 Å². The van der Waals surface area contributed by atoms with Crippen LogP contribution in [0, 0.1) is 0 Å². The Labute approximate surface area is 278 Å². The number of esters is 1. The fourth-order valence-corrected chi connectivity index (χ4v) is 6.43. The molecular weight excluding hydrogens is 655 g/mol. The highest BCUT2D eigenvalue weighted by Crippen LogP contribution is 2.31. The smallest absolute Gasteiger partial charge is 0.407 e. The van der Waals surface area contributed by atoms with Crippen molar-refractivity contribution in [3.63, 3.8) is 0 Å². The minimum Gasteiger partial charge on any atom is -0.464 e. The molecule has 2 aromatic heterocycles. The number of anilines is 2. The molecule has 0 radical (unpaired) electrons. The lowest BCUT2D eigenvalue weighted by molar-refractivity contribution is -0.141. The molecule has 0 aliphatic heterocycles. The molecule has 0 fully saturated rings. The van der Waals surface area contributed by atoms with Gasteiger partial charge in [0.25, 0.3) is 10.0 Å². The van der Waals surface area contributed by atoms with Gasteiger partial charge < -0.3 is 20.1 Å². The molecular formula is C31H36Cl2N6O6S. The van der Waals surface area contributed by atoms with Gasteiger partial charge in [0.05, 0.1) is 35.1 Å². The highest BCUT2D eigenvalue weighted by atomic mass is 35.5. The number of nitrogens with zero attached hydrogens (tertiary/aromatic N) is 4. The fourth-order valence-electron chi connectivity index (χ4n) is 4.30. The number of hydrogen-bond donors (Lipinski definition) is 2. The molecule has 0 saturated heterocycles. The fraction of sp³-hybridized carbons (Fsp3) is 0.355. The van der Waals surface area contributed by atoms with Gasteiger partial charge >= 0.3 is 12.1 Å². The van der Waals surface area contributed by atoms with E-state index in [-0.39, 0.29) is 27.2 Å². The van der Waals surface area contributed by atoms with Crippen LogP contribution >= 0.6 is 23.2 Å². The largest absolute Gasteiger partial charge is 0.464 e. The number of halogens is 2. The maximum absolute atomic E-state index is 13.8. The number of sulfonamides is 1. The third-order valence-corrected chi connectivity index (χ3v) is 8.59. The van der Waals surface area contributed by atoms with Gasteiger partial charge in [0.1, 0.15) is 18.0 Å². The summed E-state index contributed by atoms with van der Waals surface area (Å²) < 4.78 is 40.9. The molecule has 0 aliphatic rings. The van der Waals surface area contributed by atoms with E-state index in [4.69, 9.17) is 32.7 Å². The molecule has 0 atom stereocenters. The summed E-state index contributed by atoms with van der Waals surface area (Å²) in [6.07, 6.45) is 5.92. The van der Waals surface area contributed by atoms with Crippen LogP contribution in [-0.2, 0) is 24.3 Å². The first kappa shape index (κ1) is 34.8. The number of carbonyl (C=O) groups excluding carboxylic acids is 2. The van der Waals surface area contributed by atoms with Crippen molar-refractivity contribution in [3.05, 3.63) is 71.1 Å². The Bertz CT molecular complexity index is 1770. The molecule has 4 rings (SSSR count). The lowest BCUT2D eigenvalue weighted by Crippen LogP contribution is -2.36. The lowest BCUT2D eigenvalue weighted by Gasteiger charge is -2.24. The van der Waals surface area contributed by atoms with Crippen molar-refractivity contribution >= 4 is 67.7 Å². The molecule has 2 aromatic carbocycles. The maximum atomic E-state index is 13.8. The summed E-state index contributed by atoms with van der Waals surface area (Å²) in [6.45, 7) is 7.72. The molecule has 0 aliphatic carbocycles. The third-order valence-electron chi connectivity index (χ3n) is 6.40. The van der Waals surface area contributed by atoms with Gasteiger partial charge in [0.2, 0.25) is 0 Å². The molecule has 2 heterocycles. The number of alkyl carbamates (subject to hydrolysis) is 1. The van der Waals surface area contributed by atoms with Crippen molar-refractivity contribution in [3.8, 4) is 5.82 Å². The van der Waals surface area contributed by atoms with Crippen LogP contribution in [0.1, 0.15) is 40.5 Å². The number of carbonyl (C=O) groups is 2. The van der Waals surface area contributed by atoms with Crippen LogP contribution in [0.15, 0.2) is 66.0 Å². The predicted molar refractivity (Wildman–Crippen MR) is 178 cm³/mol. The normalized spacial score (nSPS) is 11.7. The van der Waals surface area contributed by atoms with Gasteiger partial charge in [-0.1, -0.05) is 36.5 Å². The highest BCUT2D eigenvalue weighted by molar-refractivity contribution is 7.92. The average Bonchev–Trinajstić information content (AvgIpc) is 3.40. The second kappa shape index (κ2) is 15.0. The first-order chi connectivity index (χ1) is 21.8. The third kappa shape index (κ3) is 9.24. The summed E-state index contributed by atoms with van der Waals surface area (Å²) in [6, 6.07) is 10.8. The zero-order valence-electron chi connectivity index (χ0n) is 25.9. The van der Waals surface area contributed by atoms with E-state index in [1.165, 1.54) is 18.2 Å². The van der Waals surface area contributed by atoms with Crippen LogP contribution in [0.25, 0.3) is 16.7 Å². The standard InChI is InChI=1S/C31H36Cl2N6O6S/c1-5-6-13-44-29(40)20-39(46(42,43)25-16-22(32)15-23(33)17-25)24-7-8-26-21(14-24)9-12-38(26)28-19-36-27(18-37-28)34-10-11-35-30(41)45-31(2,3)4/h7-9,12,14-19H,5-6,10-11,13,20H2,1-4H3,(H,34,36)(H,35,41). The van der Waals surface area contributed by atoms with E-state index >= 15 is 0 Å². The van der Waals surface area contributed by atoms with E-state index in [9.17, 15) is 18.0 Å². The Morgan fingerprint density at radius 1 is 1.00 bits per heavy atom. The molecule has 1 amide bonds.